The Morgan fingerprint density at radius 1 is 1.31 bits per heavy atom. The van der Waals surface area contributed by atoms with Crippen molar-refractivity contribution >= 4 is 41.3 Å². The maximum absolute atomic E-state index is 5.45. The molecule has 0 atom stereocenters. The van der Waals surface area contributed by atoms with Gasteiger partial charge in [-0.3, -0.25) is 0 Å². The highest BCUT2D eigenvalue weighted by molar-refractivity contribution is 14.0. The molecule has 0 radical (unpaired) electrons. The molecule has 0 fully saturated rings. The molecule has 1 aliphatic rings. The second-order valence-corrected chi connectivity index (χ2v) is 6.74. The highest BCUT2D eigenvalue weighted by Crippen LogP contribution is 2.32. The average molecular weight is 488 g/mol. The summed E-state index contributed by atoms with van der Waals surface area (Å²) in [6.07, 6.45) is 0.971. The lowest BCUT2D eigenvalue weighted by molar-refractivity contribution is 0.174. The molecule has 0 saturated heterocycles. The molecule has 0 saturated carbocycles. The van der Waals surface area contributed by atoms with Gasteiger partial charge >= 0.3 is 0 Å². The van der Waals surface area contributed by atoms with Crippen molar-refractivity contribution in [2.24, 2.45) is 4.99 Å². The van der Waals surface area contributed by atoms with Crippen molar-refractivity contribution in [2.45, 2.75) is 33.4 Å². The first kappa shape index (κ1) is 20.8. The Morgan fingerprint density at radius 3 is 2.85 bits per heavy atom. The van der Waals surface area contributed by atoms with Gasteiger partial charge in [-0.05, 0) is 31.0 Å². The summed E-state index contributed by atoms with van der Waals surface area (Å²) in [4.78, 5) is 11.4. The fourth-order valence-electron chi connectivity index (χ4n) is 2.60. The number of thiazole rings is 1. The van der Waals surface area contributed by atoms with E-state index in [2.05, 4.69) is 40.5 Å². The van der Waals surface area contributed by atoms with Gasteiger partial charge in [-0.2, -0.15) is 0 Å². The Bertz CT molecular complexity index is 751. The minimum Gasteiger partial charge on any atom is -0.454 e. The van der Waals surface area contributed by atoms with Gasteiger partial charge in [-0.25, -0.2) is 9.98 Å². The lowest BCUT2D eigenvalue weighted by Crippen LogP contribution is -2.38. The number of hydrogen-bond donors (Lipinski definition) is 1. The predicted molar refractivity (Wildman–Crippen MR) is 116 cm³/mol. The van der Waals surface area contributed by atoms with Gasteiger partial charge in [0.15, 0.2) is 17.5 Å². The number of benzene rings is 1. The summed E-state index contributed by atoms with van der Waals surface area (Å²) in [5, 5.41) is 6.59. The number of ether oxygens (including phenoxy) is 2. The van der Waals surface area contributed by atoms with Crippen molar-refractivity contribution in [3.8, 4) is 11.5 Å². The van der Waals surface area contributed by atoms with E-state index in [1.807, 2.05) is 19.2 Å². The van der Waals surface area contributed by atoms with Crippen LogP contribution in [0.15, 0.2) is 28.6 Å². The molecular formula is C18H25IN4O2S. The Hall–Kier alpha value is -1.55. The number of fused-ring (bicyclic) bond motifs is 1. The zero-order valence-electron chi connectivity index (χ0n) is 15.3. The summed E-state index contributed by atoms with van der Waals surface area (Å²) in [6, 6.07) is 6.04. The van der Waals surface area contributed by atoms with Gasteiger partial charge in [-0.1, -0.05) is 13.0 Å². The van der Waals surface area contributed by atoms with E-state index >= 15 is 0 Å². The fraction of sp³-hybridized carbons (Fsp3) is 0.444. The van der Waals surface area contributed by atoms with Gasteiger partial charge < -0.3 is 19.7 Å². The topological polar surface area (TPSA) is 59.0 Å². The van der Waals surface area contributed by atoms with Crippen LogP contribution in [0.4, 0.5) is 0 Å². The third-order valence-electron chi connectivity index (χ3n) is 3.85. The standard InChI is InChI=1S/C18H24N4O2S.HI/c1-4-17-21-14(11-25-17)9-20-18(19-5-2)22(3)10-13-6-7-15-16(8-13)24-12-23-15;/h6-8,11H,4-5,9-10,12H2,1-3H3,(H,19,20);1H. The van der Waals surface area contributed by atoms with E-state index < -0.39 is 0 Å². The molecule has 2 heterocycles. The predicted octanol–water partition coefficient (Wildman–Crippen LogP) is 3.65. The zero-order valence-corrected chi connectivity index (χ0v) is 18.5. The van der Waals surface area contributed by atoms with E-state index in [4.69, 9.17) is 14.5 Å². The highest BCUT2D eigenvalue weighted by Gasteiger charge is 2.14. The number of guanidine groups is 1. The Balaban J connectivity index is 0.00000243. The van der Waals surface area contributed by atoms with Crippen LogP contribution in [-0.2, 0) is 19.5 Å². The van der Waals surface area contributed by atoms with Gasteiger partial charge in [0.25, 0.3) is 0 Å². The van der Waals surface area contributed by atoms with E-state index in [0.29, 0.717) is 13.3 Å². The first-order valence-corrected chi connectivity index (χ1v) is 9.38. The largest absolute Gasteiger partial charge is 0.454 e. The van der Waals surface area contributed by atoms with Gasteiger partial charge in [0.05, 0.1) is 17.2 Å². The van der Waals surface area contributed by atoms with Crippen molar-refractivity contribution in [1.82, 2.24) is 15.2 Å². The van der Waals surface area contributed by atoms with E-state index in [9.17, 15) is 0 Å². The molecule has 0 unspecified atom stereocenters. The number of nitrogens with zero attached hydrogens (tertiary/aromatic N) is 3. The lowest BCUT2D eigenvalue weighted by atomic mass is 10.2. The van der Waals surface area contributed by atoms with E-state index in [1.165, 1.54) is 0 Å². The molecule has 0 amide bonds. The fourth-order valence-corrected chi connectivity index (χ4v) is 3.33. The number of aryl methyl sites for hydroxylation is 1. The second-order valence-electron chi connectivity index (χ2n) is 5.80. The molecule has 26 heavy (non-hydrogen) atoms. The zero-order chi connectivity index (χ0) is 17.6. The molecule has 1 aliphatic heterocycles. The second kappa shape index (κ2) is 9.96. The van der Waals surface area contributed by atoms with Crippen molar-refractivity contribution in [2.75, 3.05) is 20.4 Å². The normalized spacial score (nSPS) is 12.7. The number of nitrogens with one attached hydrogen (secondary N) is 1. The summed E-state index contributed by atoms with van der Waals surface area (Å²) in [7, 11) is 2.03. The van der Waals surface area contributed by atoms with Crippen LogP contribution >= 0.6 is 35.3 Å². The van der Waals surface area contributed by atoms with Crippen LogP contribution < -0.4 is 14.8 Å². The van der Waals surface area contributed by atoms with Crippen LogP contribution in [0.2, 0.25) is 0 Å². The van der Waals surface area contributed by atoms with E-state index in [1.54, 1.807) is 11.3 Å². The lowest BCUT2D eigenvalue weighted by Gasteiger charge is -2.22. The highest BCUT2D eigenvalue weighted by atomic mass is 127. The van der Waals surface area contributed by atoms with E-state index in [0.717, 1.165) is 53.2 Å². The Kier molecular flexibility index (Phi) is 7.95. The molecule has 2 aromatic rings. The van der Waals surface area contributed by atoms with Crippen LogP contribution in [-0.4, -0.2) is 36.2 Å². The molecule has 1 aromatic carbocycles. The molecule has 1 N–H and O–H groups in total. The summed E-state index contributed by atoms with van der Waals surface area (Å²) in [6.45, 7) is 6.63. The SMILES string of the molecule is CCNC(=NCc1csc(CC)n1)N(C)Cc1ccc2c(c1)OCO2.I. The average Bonchev–Trinajstić information content (AvgIpc) is 3.26. The maximum atomic E-state index is 5.45. The van der Waals surface area contributed by atoms with Crippen molar-refractivity contribution in [3.05, 3.63) is 39.8 Å². The molecule has 1 aromatic heterocycles. The number of aliphatic imine (C=N–C) groups is 1. The Morgan fingerprint density at radius 2 is 2.12 bits per heavy atom. The quantitative estimate of drug-likeness (QED) is 0.382. The maximum Gasteiger partial charge on any atom is 0.231 e. The van der Waals surface area contributed by atoms with Crippen molar-refractivity contribution in [1.29, 1.82) is 0 Å². The van der Waals surface area contributed by atoms with Crippen LogP contribution in [0, 0.1) is 0 Å². The first-order chi connectivity index (χ1) is 12.2. The molecule has 3 rings (SSSR count). The monoisotopic (exact) mass is 488 g/mol. The molecule has 142 valence electrons. The summed E-state index contributed by atoms with van der Waals surface area (Å²) < 4.78 is 10.8. The summed E-state index contributed by atoms with van der Waals surface area (Å²) in [5.74, 6) is 2.48. The first-order valence-electron chi connectivity index (χ1n) is 8.50. The third-order valence-corrected chi connectivity index (χ3v) is 4.89. The number of aromatic nitrogens is 1. The van der Waals surface area contributed by atoms with Crippen LogP contribution in [0.25, 0.3) is 0 Å². The molecule has 8 heteroatoms. The van der Waals surface area contributed by atoms with Crippen LogP contribution in [0.3, 0.4) is 0 Å². The molecular weight excluding hydrogens is 463 g/mol. The van der Waals surface area contributed by atoms with E-state index in [-0.39, 0.29) is 24.0 Å². The van der Waals surface area contributed by atoms with Gasteiger partial charge in [0.2, 0.25) is 6.79 Å². The van der Waals surface area contributed by atoms with Crippen molar-refractivity contribution < 1.29 is 9.47 Å². The van der Waals surface area contributed by atoms with Gasteiger partial charge in [0.1, 0.15) is 0 Å². The number of rotatable bonds is 6. The molecule has 0 bridgehead atoms. The molecule has 0 aliphatic carbocycles. The summed E-state index contributed by atoms with van der Waals surface area (Å²) in [5.41, 5.74) is 2.17. The number of halogens is 1. The Labute approximate surface area is 175 Å². The third kappa shape index (κ3) is 5.23. The van der Waals surface area contributed by atoms with Gasteiger partial charge in [-0.15, -0.1) is 35.3 Å². The summed E-state index contributed by atoms with van der Waals surface area (Å²) >= 11 is 1.70. The van der Waals surface area contributed by atoms with Gasteiger partial charge in [0, 0.05) is 25.5 Å². The smallest absolute Gasteiger partial charge is 0.231 e. The molecule has 0 spiro atoms. The van der Waals surface area contributed by atoms with Crippen LogP contribution in [0.1, 0.15) is 30.1 Å². The minimum atomic E-state index is 0. The number of hydrogen-bond acceptors (Lipinski definition) is 5. The van der Waals surface area contributed by atoms with Crippen LogP contribution in [0.5, 0.6) is 11.5 Å². The molecule has 6 nitrogen and oxygen atoms in total. The minimum absolute atomic E-state index is 0. The van der Waals surface area contributed by atoms with Crippen molar-refractivity contribution in [3.63, 3.8) is 0 Å².